The van der Waals surface area contributed by atoms with Crippen molar-refractivity contribution in [1.82, 2.24) is 20.1 Å². The fourth-order valence-corrected chi connectivity index (χ4v) is 6.79. The lowest BCUT2D eigenvalue weighted by molar-refractivity contribution is 0.127. The van der Waals surface area contributed by atoms with E-state index in [4.69, 9.17) is 4.74 Å². The van der Waals surface area contributed by atoms with Gasteiger partial charge in [-0.25, -0.2) is 27.1 Å². The van der Waals surface area contributed by atoms with Crippen molar-refractivity contribution in [3.8, 4) is 11.4 Å². The molecule has 2 aromatic carbocycles. The smallest absolute Gasteiger partial charge is 0.333 e. The number of rotatable bonds is 23. The van der Waals surface area contributed by atoms with Gasteiger partial charge in [0.05, 0.1) is 11.2 Å². The van der Waals surface area contributed by atoms with Crippen molar-refractivity contribution in [1.29, 1.82) is 0 Å². The molecule has 3 aromatic rings. The standard InChI is InChI=1S/C31H47N7O6S3/c1-3-4-5-6-7-8-9-10-11-12-21-44-22-15-20-32-30(39)34-35-31-33-29(36-45-31)25-16-13-17-26(23-25)38-47(42,43)28-19-14-18-27(24-28)37-46(2,40)41/h13-14,16-19,23-24,37-38H,3-12,15,20-22H2,1-2H3,(H2,32,34,39)(H,33,35,36). The van der Waals surface area contributed by atoms with Crippen LogP contribution in [0.15, 0.2) is 53.4 Å². The zero-order valence-corrected chi connectivity index (χ0v) is 29.5. The highest BCUT2D eigenvalue weighted by Gasteiger charge is 2.17. The van der Waals surface area contributed by atoms with Crippen molar-refractivity contribution >= 4 is 54.1 Å². The number of aromatic nitrogens is 2. The van der Waals surface area contributed by atoms with Gasteiger partial charge in [-0.15, -0.1) is 0 Å². The van der Waals surface area contributed by atoms with Crippen LogP contribution in [0.4, 0.5) is 21.3 Å². The van der Waals surface area contributed by atoms with E-state index in [-0.39, 0.29) is 16.3 Å². The maximum absolute atomic E-state index is 13.0. The van der Waals surface area contributed by atoms with Gasteiger partial charge in [-0.2, -0.15) is 9.36 Å². The lowest BCUT2D eigenvalue weighted by Gasteiger charge is -2.10. The van der Waals surface area contributed by atoms with Gasteiger partial charge in [-0.1, -0.05) is 82.9 Å². The molecule has 3 rings (SSSR count). The van der Waals surface area contributed by atoms with Crippen LogP contribution in [0.1, 0.15) is 77.6 Å². The summed E-state index contributed by atoms with van der Waals surface area (Å²) in [5.41, 5.74) is 6.18. The van der Waals surface area contributed by atoms with Crippen molar-refractivity contribution in [3.05, 3.63) is 48.5 Å². The molecular weight excluding hydrogens is 663 g/mol. The van der Waals surface area contributed by atoms with Gasteiger partial charge >= 0.3 is 6.03 Å². The highest BCUT2D eigenvalue weighted by atomic mass is 32.2. The molecule has 1 heterocycles. The van der Waals surface area contributed by atoms with E-state index >= 15 is 0 Å². The Morgan fingerprint density at radius 3 is 2.15 bits per heavy atom. The Morgan fingerprint density at radius 1 is 0.809 bits per heavy atom. The number of carbonyl (C=O) groups excluding carboxylic acids is 1. The van der Waals surface area contributed by atoms with Crippen LogP contribution < -0.4 is 25.6 Å². The molecule has 5 N–H and O–H groups in total. The Balaban J connectivity index is 1.33. The molecule has 0 saturated carbocycles. The molecule has 0 atom stereocenters. The van der Waals surface area contributed by atoms with Gasteiger partial charge in [0.15, 0.2) is 5.82 Å². The molecule has 0 fully saturated rings. The third-order valence-corrected chi connectivity index (χ3v) is 9.54. The van der Waals surface area contributed by atoms with E-state index in [9.17, 15) is 21.6 Å². The minimum Gasteiger partial charge on any atom is -0.381 e. The summed E-state index contributed by atoms with van der Waals surface area (Å²) in [6.45, 7) is 4.05. The van der Waals surface area contributed by atoms with Crippen molar-refractivity contribution < 1.29 is 26.4 Å². The molecule has 47 heavy (non-hydrogen) atoms. The monoisotopic (exact) mass is 709 g/mol. The summed E-state index contributed by atoms with van der Waals surface area (Å²) in [5, 5.41) is 3.10. The van der Waals surface area contributed by atoms with Gasteiger partial charge in [0.1, 0.15) is 0 Å². The van der Waals surface area contributed by atoms with Crippen molar-refractivity contribution in [2.75, 3.05) is 40.9 Å². The Hall–Kier alpha value is -3.47. The lowest BCUT2D eigenvalue weighted by atomic mass is 10.1. The van der Waals surface area contributed by atoms with Crippen molar-refractivity contribution in [3.63, 3.8) is 0 Å². The number of hydrogen-bond donors (Lipinski definition) is 5. The molecule has 0 aliphatic rings. The zero-order valence-electron chi connectivity index (χ0n) is 27.1. The maximum atomic E-state index is 13.0. The fourth-order valence-electron chi connectivity index (χ4n) is 4.59. The summed E-state index contributed by atoms with van der Waals surface area (Å²) in [5.74, 6) is 0.333. The highest BCUT2D eigenvalue weighted by molar-refractivity contribution is 7.93. The van der Waals surface area contributed by atoms with Crippen LogP contribution in [0.3, 0.4) is 0 Å². The van der Waals surface area contributed by atoms with Crippen LogP contribution in [-0.2, 0) is 24.8 Å². The lowest BCUT2D eigenvalue weighted by Crippen LogP contribution is -2.39. The van der Waals surface area contributed by atoms with E-state index in [1.165, 1.54) is 82.1 Å². The largest absolute Gasteiger partial charge is 0.381 e. The van der Waals surface area contributed by atoms with Gasteiger partial charge in [0, 0.05) is 48.2 Å². The number of carbonyl (C=O) groups is 1. The van der Waals surface area contributed by atoms with E-state index in [2.05, 4.69) is 41.9 Å². The first kappa shape index (κ1) is 38.0. The molecule has 0 radical (unpaired) electrons. The topological polar surface area (TPSA) is 181 Å². The van der Waals surface area contributed by atoms with Gasteiger partial charge in [-0.3, -0.25) is 14.9 Å². The molecule has 0 unspecified atom stereocenters. The molecule has 0 aliphatic heterocycles. The number of hydrogen-bond acceptors (Lipinski definition) is 10. The second-order valence-corrected chi connectivity index (χ2v) is 15.3. The summed E-state index contributed by atoms with van der Waals surface area (Å²) in [4.78, 5) is 16.4. The van der Waals surface area contributed by atoms with E-state index in [1.54, 1.807) is 24.3 Å². The number of nitrogens with zero attached hydrogens (tertiary/aromatic N) is 2. The Morgan fingerprint density at radius 2 is 1.45 bits per heavy atom. The van der Waals surface area contributed by atoms with Gasteiger partial charge in [0.2, 0.25) is 15.2 Å². The van der Waals surface area contributed by atoms with Crippen LogP contribution in [0, 0.1) is 0 Å². The number of unbranched alkanes of at least 4 members (excludes halogenated alkanes) is 9. The van der Waals surface area contributed by atoms with Crippen LogP contribution in [-0.4, -0.2) is 58.2 Å². The number of anilines is 3. The molecule has 0 bridgehead atoms. The normalized spacial score (nSPS) is 11.6. The third-order valence-electron chi connectivity index (χ3n) is 6.92. The first-order valence-electron chi connectivity index (χ1n) is 16.0. The summed E-state index contributed by atoms with van der Waals surface area (Å²) in [6, 6.07) is 11.6. The third kappa shape index (κ3) is 15.3. The van der Waals surface area contributed by atoms with E-state index in [1.807, 2.05) is 0 Å². The summed E-state index contributed by atoms with van der Waals surface area (Å²) >= 11 is 1.03. The number of sulfonamides is 2. The number of hydrazine groups is 1. The average Bonchev–Trinajstić information content (AvgIpc) is 3.50. The number of amides is 2. The molecule has 0 spiro atoms. The number of benzene rings is 2. The molecule has 16 heteroatoms. The highest BCUT2D eigenvalue weighted by Crippen LogP contribution is 2.25. The van der Waals surface area contributed by atoms with Crippen LogP contribution in [0.5, 0.6) is 0 Å². The predicted octanol–water partition coefficient (Wildman–Crippen LogP) is 6.33. The van der Waals surface area contributed by atoms with Gasteiger partial charge in [0.25, 0.3) is 10.0 Å². The molecule has 1 aromatic heterocycles. The van der Waals surface area contributed by atoms with E-state index in [0.717, 1.165) is 30.8 Å². The fraction of sp³-hybridized carbons (Fsp3) is 0.516. The first-order chi connectivity index (χ1) is 22.6. The van der Waals surface area contributed by atoms with Crippen molar-refractivity contribution in [2.24, 2.45) is 0 Å². The van der Waals surface area contributed by atoms with E-state index < -0.39 is 26.1 Å². The SMILES string of the molecule is CCCCCCCCCCCCOCCCNC(=O)NNc1nc(-c2cccc(NS(=O)(=O)c3cccc(NS(C)(=O)=O)c3)c2)ns1. The van der Waals surface area contributed by atoms with E-state index in [0.29, 0.717) is 36.1 Å². The molecule has 0 saturated heterocycles. The average molecular weight is 710 g/mol. The second kappa shape index (κ2) is 20.0. The predicted molar refractivity (Wildman–Crippen MR) is 188 cm³/mol. The Kier molecular flexibility index (Phi) is 16.2. The van der Waals surface area contributed by atoms with Gasteiger partial charge < -0.3 is 10.1 Å². The summed E-state index contributed by atoms with van der Waals surface area (Å²) in [6.07, 6.45) is 14.6. The Labute approximate surface area is 282 Å². The van der Waals surface area contributed by atoms with Crippen LogP contribution in [0.2, 0.25) is 0 Å². The number of ether oxygens (including phenoxy) is 1. The molecule has 0 aliphatic carbocycles. The van der Waals surface area contributed by atoms with Crippen molar-refractivity contribution in [2.45, 2.75) is 82.4 Å². The van der Waals surface area contributed by atoms with Crippen LogP contribution >= 0.6 is 11.5 Å². The maximum Gasteiger partial charge on any atom is 0.333 e. The molecule has 2 amide bonds. The minimum absolute atomic E-state index is 0.115. The zero-order chi connectivity index (χ0) is 34.0. The minimum atomic E-state index is -4.02. The number of urea groups is 1. The molecule has 13 nitrogen and oxygen atoms in total. The first-order valence-corrected chi connectivity index (χ1v) is 20.1. The number of nitrogens with one attached hydrogen (secondary N) is 5. The summed E-state index contributed by atoms with van der Waals surface area (Å²) in [7, 11) is -7.59. The summed E-state index contributed by atoms with van der Waals surface area (Å²) < 4.78 is 63.7. The van der Waals surface area contributed by atoms with Gasteiger partial charge in [-0.05, 0) is 43.2 Å². The quantitative estimate of drug-likeness (QED) is 0.0555. The van der Waals surface area contributed by atoms with Crippen LogP contribution in [0.25, 0.3) is 11.4 Å². The second-order valence-electron chi connectivity index (χ2n) is 11.2. The Bertz CT molecular complexity index is 1600. The molecular formula is C31H47N7O6S3. The molecule has 260 valence electrons.